The molecule has 0 aliphatic heterocycles. The molecule has 11 rings (SSSR count). The molecule has 3 heteroatoms. The molecule has 0 saturated heterocycles. The van der Waals surface area contributed by atoms with Gasteiger partial charge in [-0.15, -0.1) is 0 Å². The summed E-state index contributed by atoms with van der Waals surface area (Å²) in [7, 11) is 0. The fourth-order valence-electron chi connectivity index (χ4n) is 8.82. The third-order valence-electron chi connectivity index (χ3n) is 11.6. The SMILES string of the molecule is CC1(c2ccccc2)c2ccccc2-c2ccc(-c3cc(-c4ccccc4-c4cccc5c4oc4ccccc45)nc(-c4ccc5ccccc5c4)n3)cc21. The molecule has 0 bridgehead atoms. The quantitative estimate of drug-likeness (QED) is 0.179. The summed E-state index contributed by atoms with van der Waals surface area (Å²) < 4.78 is 6.55. The molecule has 1 aliphatic carbocycles. The number of fused-ring (bicyclic) bond motifs is 7. The number of nitrogens with zero attached hydrogens (tertiary/aromatic N) is 2. The van der Waals surface area contributed by atoms with E-state index in [9.17, 15) is 0 Å². The lowest BCUT2D eigenvalue weighted by molar-refractivity contribution is 0.670. The Kier molecular flexibility index (Phi) is 6.99. The van der Waals surface area contributed by atoms with Crippen molar-refractivity contribution in [2.24, 2.45) is 0 Å². The minimum atomic E-state index is -0.321. The van der Waals surface area contributed by atoms with Crippen molar-refractivity contribution in [1.29, 1.82) is 0 Å². The zero-order chi connectivity index (χ0) is 36.5. The van der Waals surface area contributed by atoms with Gasteiger partial charge in [0.05, 0.1) is 11.4 Å². The van der Waals surface area contributed by atoms with Crippen LogP contribution in [0.25, 0.3) is 88.9 Å². The van der Waals surface area contributed by atoms with Crippen LogP contribution in [-0.4, -0.2) is 9.97 Å². The molecular formula is C52H34N2O. The lowest BCUT2D eigenvalue weighted by atomic mass is 9.74. The second-order valence-corrected chi connectivity index (χ2v) is 14.6. The molecule has 0 radical (unpaired) electrons. The summed E-state index contributed by atoms with van der Waals surface area (Å²) in [5.41, 5.74) is 14.7. The van der Waals surface area contributed by atoms with E-state index < -0.39 is 0 Å². The topological polar surface area (TPSA) is 38.9 Å². The van der Waals surface area contributed by atoms with Crippen LogP contribution in [0.1, 0.15) is 23.6 Å². The number of rotatable bonds is 5. The first-order valence-electron chi connectivity index (χ1n) is 18.8. The molecule has 1 atom stereocenters. The maximum absolute atomic E-state index is 6.55. The number of para-hydroxylation sites is 2. The van der Waals surface area contributed by atoms with Crippen molar-refractivity contribution in [3.05, 3.63) is 205 Å². The van der Waals surface area contributed by atoms with E-state index >= 15 is 0 Å². The monoisotopic (exact) mass is 702 g/mol. The Balaban J connectivity index is 1.14. The number of aromatic nitrogens is 2. The molecule has 55 heavy (non-hydrogen) atoms. The van der Waals surface area contributed by atoms with Gasteiger partial charge in [0.2, 0.25) is 0 Å². The lowest BCUT2D eigenvalue weighted by Crippen LogP contribution is -2.22. The lowest BCUT2D eigenvalue weighted by Gasteiger charge is -2.28. The second-order valence-electron chi connectivity index (χ2n) is 14.6. The van der Waals surface area contributed by atoms with E-state index in [0.29, 0.717) is 5.82 Å². The van der Waals surface area contributed by atoms with Crippen LogP contribution in [0.4, 0.5) is 0 Å². The van der Waals surface area contributed by atoms with Gasteiger partial charge >= 0.3 is 0 Å². The molecule has 1 unspecified atom stereocenters. The highest BCUT2D eigenvalue weighted by molar-refractivity contribution is 6.10. The fraction of sp³-hybridized carbons (Fsp3) is 0.0385. The van der Waals surface area contributed by atoms with E-state index in [1.165, 1.54) is 33.2 Å². The molecule has 8 aromatic carbocycles. The van der Waals surface area contributed by atoms with Gasteiger partial charge in [0.1, 0.15) is 11.2 Å². The van der Waals surface area contributed by atoms with E-state index in [-0.39, 0.29) is 5.41 Å². The first kappa shape index (κ1) is 31.4. The number of furan rings is 1. The first-order chi connectivity index (χ1) is 27.1. The van der Waals surface area contributed by atoms with Crippen LogP contribution in [0, 0.1) is 0 Å². The predicted molar refractivity (Wildman–Crippen MR) is 226 cm³/mol. The highest BCUT2D eigenvalue weighted by Crippen LogP contribution is 2.53. The van der Waals surface area contributed by atoms with Gasteiger partial charge in [-0.05, 0) is 75.3 Å². The summed E-state index contributed by atoms with van der Waals surface area (Å²) >= 11 is 0. The van der Waals surface area contributed by atoms with E-state index in [0.717, 1.165) is 66.5 Å². The molecule has 2 aromatic heterocycles. The first-order valence-corrected chi connectivity index (χ1v) is 18.8. The van der Waals surface area contributed by atoms with Crippen LogP contribution >= 0.6 is 0 Å². The van der Waals surface area contributed by atoms with Gasteiger partial charge in [0, 0.05) is 38.4 Å². The Morgan fingerprint density at radius 3 is 1.96 bits per heavy atom. The predicted octanol–water partition coefficient (Wildman–Crippen LogP) is 13.5. The van der Waals surface area contributed by atoms with Crippen molar-refractivity contribution in [2.75, 3.05) is 0 Å². The van der Waals surface area contributed by atoms with Crippen molar-refractivity contribution < 1.29 is 4.42 Å². The van der Waals surface area contributed by atoms with Gasteiger partial charge in [-0.1, -0.05) is 164 Å². The van der Waals surface area contributed by atoms with Gasteiger partial charge in [-0.25, -0.2) is 9.97 Å². The fourth-order valence-corrected chi connectivity index (χ4v) is 8.82. The summed E-state index contributed by atoms with van der Waals surface area (Å²) in [6, 6.07) is 66.9. The maximum atomic E-state index is 6.55. The maximum Gasteiger partial charge on any atom is 0.160 e. The molecule has 3 nitrogen and oxygen atoms in total. The van der Waals surface area contributed by atoms with Gasteiger partial charge in [0.25, 0.3) is 0 Å². The van der Waals surface area contributed by atoms with Gasteiger partial charge in [0.15, 0.2) is 5.82 Å². The minimum Gasteiger partial charge on any atom is -0.455 e. The summed E-state index contributed by atoms with van der Waals surface area (Å²) in [4.78, 5) is 10.7. The Hall–Kier alpha value is -7.10. The molecule has 0 fully saturated rings. The number of hydrogen-bond acceptors (Lipinski definition) is 3. The number of benzene rings is 8. The average Bonchev–Trinajstić information content (AvgIpc) is 3.77. The highest BCUT2D eigenvalue weighted by Gasteiger charge is 2.40. The Morgan fingerprint density at radius 2 is 1.07 bits per heavy atom. The van der Waals surface area contributed by atoms with Gasteiger partial charge in [-0.2, -0.15) is 0 Å². The molecule has 0 saturated carbocycles. The van der Waals surface area contributed by atoms with Crippen LogP contribution in [-0.2, 0) is 5.41 Å². The van der Waals surface area contributed by atoms with Crippen molar-refractivity contribution in [1.82, 2.24) is 9.97 Å². The minimum absolute atomic E-state index is 0.321. The normalized spacial score (nSPS) is 14.7. The zero-order valence-corrected chi connectivity index (χ0v) is 30.2. The van der Waals surface area contributed by atoms with Gasteiger partial charge < -0.3 is 4.42 Å². The third-order valence-corrected chi connectivity index (χ3v) is 11.6. The number of hydrogen-bond donors (Lipinski definition) is 0. The van der Waals surface area contributed by atoms with Crippen LogP contribution in [0.2, 0.25) is 0 Å². The Morgan fingerprint density at radius 1 is 0.418 bits per heavy atom. The van der Waals surface area contributed by atoms with Crippen LogP contribution in [0.15, 0.2) is 192 Å². The van der Waals surface area contributed by atoms with E-state index in [2.05, 4.69) is 183 Å². The van der Waals surface area contributed by atoms with Crippen molar-refractivity contribution in [3.8, 4) is 56.2 Å². The molecule has 0 amide bonds. The standard InChI is InChI=1S/C52H34N2O/c1-52(37-16-3-2-4-17-37)45-24-11-9-19-39(45)40-29-28-35(31-46(40)52)47-32-48(54-51(53-47)36-27-26-33-14-5-6-15-34(33)30-36)41-20-8-7-18-38(41)43-22-13-23-44-42-21-10-12-25-49(42)55-50(43)44/h2-32H,1H3. The molecule has 0 spiro atoms. The van der Waals surface area contributed by atoms with Crippen LogP contribution < -0.4 is 0 Å². The summed E-state index contributed by atoms with van der Waals surface area (Å²) in [5, 5.41) is 4.55. The Labute approximate surface area is 319 Å². The van der Waals surface area contributed by atoms with Crippen molar-refractivity contribution in [3.63, 3.8) is 0 Å². The second kappa shape index (κ2) is 12.2. The molecule has 10 aromatic rings. The Bertz CT molecular complexity index is 3120. The van der Waals surface area contributed by atoms with Crippen molar-refractivity contribution in [2.45, 2.75) is 12.3 Å². The summed E-state index contributed by atoms with van der Waals surface area (Å²) in [6.45, 7) is 2.36. The molecule has 258 valence electrons. The van der Waals surface area contributed by atoms with Crippen LogP contribution in [0.5, 0.6) is 0 Å². The average molecular weight is 703 g/mol. The summed E-state index contributed by atoms with van der Waals surface area (Å²) in [6.07, 6.45) is 0. The van der Waals surface area contributed by atoms with E-state index in [4.69, 9.17) is 14.4 Å². The summed E-state index contributed by atoms with van der Waals surface area (Å²) in [5.74, 6) is 0.685. The zero-order valence-electron chi connectivity index (χ0n) is 30.2. The smallest absolute Gasteiger partial charge is 0.160 e. The molecular weight excluding hydrogens is 669 g/mol. The largest absolute Gasteiger partial charge is 0.455 e. The van der Waals surface area contributed by atoms with Crippen LogP contribution in [0.3, 0.4) is 0 Å². The molecule has 1 aliphatic rings. The van der Waals surface area contributed by atoms with E-state index in [1.54, 1.807) is 0 Å². The molecule has 2 heterocycles. The van der Waals surface area contributed by atoms with E-state index in [1.807, 2.05) is 12.1 Å². The molecule has 0 N–H and O–H groups in total. The third kappa shape index (κ3) is 4.90. The van der Waals surface area contributed by atoms with Gasteiger partial charge in [-0.3, -0.25) is 0 Å². The highest BCUT2D eigenvalue weighted by atomic mass is 16.3. The van der Waals surface area contributed by atoms with Crippen molar-refractivity contribution >= 4 is 32.7 Å².